The molecule has 0 radical (unpaired) electrons. The number of hydrogen-bond acceptors (Lipinski definition) is 3. The fraction of sp³-hybridized carbons (Fsp3) is 0.167. The molecule has 3 rings (SSSR count). The number of H-pyrrole nitrogens is 1. The van der Waals surface area contributed by atoms with E-state index in [1.165, 1.54) is 0 Å². The maximum atomic E-state index is 6.03. The number of nitrogens with zero attached hydrogens (tertiary/aromatic N) is 1. The molecule has 4 nitrogen and oxygen atoms in total. The average molecular weight is 293 g/mol. The van der Waals surface area contributed by atoms with E-state index in [2.05, 4.69) is 17.1 Å². The van der Waals surface area contributed by atoms with Crippen LogP contribution in [0.5, 0.6) is 5.75 Å². The molecule has 3 N–H and O–H groups in total. The van der Waals surface area contributed by atoms with Crippen LogP contribution >= 0.6 is 0 Å². The Balaban J connectivity index is 1.82. The molecule has 0 saturated heterocycles. The summed E-state index contributed by atoms with van der Waals surface area (Å²) in [5.74, 6) is 0.856. The van der Waals surface area contributed by atoms with Crippen molar-refractivity contribution in [2.75, 3.05) is 5.73 Å². The second-order valence-corrected chi connectivity index (χ2v) is 5.16. The SMILES string of the molecule is CCC(Oc1ccccc1)c1cc(-c2cccc(N)c2)n[nH]1. The molecule has 22 heavy (non-hydrogen) atoms. The van der Waals surface area contributed by atoms with Crippen LogP contribution < -0.4 is 10.5 Å². The van der Waals surface area contributed by atoms with Crippen molar-refractivity contribution in [2.24, 2.45) is 0 Å². The summed E-state index contributed by atoms with van der Waals surface area (Å²) in [6.07, 6.45) is 0.803. The van der Waals surface area contributed by atoms with E-state index in [0.717, 1.165) is 34.8 Å². The van der Waals surface area contributed by atoms with Gasteiger partial charge in [0.25, 0.3) is 0 Å². The van der Waals surface area contributed by atoms with Gasteiger partial charge in [0.15, 0.2) is 0 Å². The minimum Gasteiger partial charge on any atom is -0.484 e. The number of benzene rings is 2. The maximum absolute atomic E-state index is 6.03. The number of nitrogen functional groups attached to an aromatic ring is 1. The van der Waals surface area contributed by atoms with E-state index in [9.17, 15) is 0 Å². The highest BCUT2D eigenvalue weighted by Crippen LogP contribution is 2.27. The second-order valence-electron chi connectivity index (χ2n) is 5.16. The number of anilines is 1. The molecule has 3 aromatic rings. The molecule has 2 aromatic carbocycles. The number of ether oxygens (including phenoxy) is 1. The Kier molecular flexibility index (Phi) is 4.10. The minimum atomic E-state index is -0.0512. The highest BCUT2D eigenvalue weighted by atomic mass is 16.5. The lowest BCUT2D eigenvalue weighted by molar-refractivity contribution is 0.196. The van der Waals surface area contributed by atoms with Crippen LogP contribution in [0.25, 0.3) is 11.3 Å². The summed E-state index contributed by atoms with van der Waals surface area (Å²) < 4.78 is 6.03. The van der Waals surface area contributed by atoms with Crippen LogP contribution in [-0.4, -0.2) is 10.2 Å². The quantitative estimate of drug-likeness (QED) is 0.693. The molecule has 112 valence electrons. The van der Waals surface area contributed by atoms with Gasteiger partial charge in [0.05, 0.1) is 11.4 Å². The molecule has 0 saturated carbocycles. The third-order valence-electron chi connectivity index (χ3n) is 3.52. The van der Waals surface area contributed by atoms with Crippen molar-refractivity contribution >= 4 is 5.69 Å². The Morgan fingerprint density at radius 3 is 2.64 bits per heavy atom. The van der Waals surface area contributed by atoms with Crippen molar-refractivity contribution in [3.63, 3.8) is 0 Å². The van der Waals surface area contributed by atoms with Crippen LogP contribution in [0.1, 0.15) is 25.1 Å². The molecular formula is C18H19N3O. The van der Waals surface area contributed by atoms with Crippen molar-refractivity contribution in [3.05, 3.63) is 66.4 Å². The first kappa shape index (κ1) is 14.2. The first-order valence-electron chi connectivity index (χ1n) is 7.39. The number of nitrogens with two attached hydrogens (primary N) is 1. The molecule has 1 atom stereocenters. The molecule has 0 aliphatic rings. The highest BCUT2D eigenvalue weighted by molar-refractivity contribution is 5.64. The van der Waals surface area contributed by atoms with E-state index in [1.807, 2.05) is 60.7 Å². The Bertz CT molecular complexity index is 737. The number of para-hydroxylation sites is 1. The van der Waals surface area contributed by atoms with Gasteiger partial charge in [-0.15, -0.1) is 0 Å². The van der Waals surface area contributed by atoms with Gasteiger partial charge in [0.2, 0.25) is 0 Å². The number of rotatable bonds is 5. The van der Waals surface area contributed by atoms with Gasteiger partial charge in [0, 0.05) is 11.3 Å². The van der Waals surface area contributed by atoms with Crippen molar-refractivity contribution in [2.45, 2.75) is 19.4 Å². The van der Waals surface area contributed by atoms with Crippen molar-refractivity contribution in [1.29, 1.82) is 0 Å². The number of nitrogens with one attached hydrogen (secondary N) is 1. The molecule has 4 heteroatoms. The molecule has 0 aliphatic carbocycles. The topological polar surface area (TPSA) is 63.9 Å². The standard InChI is InChI=1S/C18H19N3O/c1-2-18(22-15-9-4-3-5-10-15)17-12-16(20-21-17)13-7-6-8-14(19)11-13/h3-12,18H,2,19H2,1H3,(H,20,21). The highest BCUT2D eigenvalue weighted by Gasteiger charge is 2.15. The summed E-state index contributed by atoms with van der Waals surface area (Å²) in [7, 11) is 0. The summed E-state index contributed by atoms with van der Waals surface area (Å²) >= 11 is 0. The molecule has 1 unspecified atom stereocenters. The summed E-state index contributed by atoms with van der Waals surface area (Å²) in [4.78, 5) is 0. The van der Waals surface area contributed by atoms with E-state index >= 15 is 0 Å². The zero-order chi connectivity index (χ0) is 15.4. The molecule has 1 heterocycles. The second kappa shape index (κ2) is 6.35. The Morgan fingerprint density at radius 2 is 1.91 bits per heavy atom. The average Bonchev–Trinajstić information content (AvgIpc) is 3.03. The van der Waals surface area contributed by atoms with Crippen molar-refractivity contribution in [1.82, 2.24) is 10.2 Å². The van der Waals surface area contributed by atoms with E-state index in [-0.39, 0.29) is 6.10 Å². The zero-order valence-electron chi connectivity index (χ0n) is 12.5. The van der Waals surface area contributed by atoms with Gasteiger partial charge in [-0.2, -0.15) is 5.10 Å². The normalized spacial score (nSPS) is 12.0. The molecule has 1 aromatic heterocycles. The van der Waals surface area contributed by atoms with Gasteiger partial charge < -0.3 is 10.5 Å². The monoisotopic (exact) mass is 293 g/mol. The van der Waals surface area contributed by atoms with E-state index in [0.29, 0.717) is 0 Å². The lowest BCUT2D eigenvalue weighted by Gasteiger charge is -2.15. The van der Waals surface area contributed by atoms with Crippen LogP contribution in [0.3, 0.4) is 0 Å². The largest absolute Gasteiger partial charge is 0.484 e. The van der Waals surface area contributed by atoms with Crippen LogP contribution in [-0.2, 0) is 0 Å². The van der Waals surface area contributed by atoms with Crippen LogP contribution in [0.4, 0.5) is 5.69 Å². The third kappa shape index (κ3) is 3.11. The predicted molar refractivity (Wildman–Crippen MR) is 88.5 cm³/mol. The fourth-order valence-electron chi connectivity index (χ4n) is 2.38. The lowest BCUT2D eigenvalue weighted by atomic mass is 10.1. The number of aromatic nitrogens is 2. The number of hydrogen-bond donors (Lipinski definition) is 2. The summed E-state index contributed by atoms with van der Waals surface area (Å²) in [5.41, 5.74) is 9.39. The summed E-state index contributed by atoms with van der Waals surface area (Å²) in [5, 5.41) is 7.46. The molecular weight excluding hydrogens is 274 g/mol. The fourth-order valence-corrected chi connectivity index (χ4v) is 2.38. The van der Waals surface area contributed by atoms with E-state index in [1.54, 1.807) is 0 Å². The maximum Gasteiger partial charge on any atom is 0.140 e. The number of aromatic amines is 1. The molecule has 0 fully saturated rings. The molecule has 0 aliphatic heterocycles. The van der Waals surface area contributed by atoms with E-state index in [4.69, 9.17) is 10.5 Å². The lowest BCUT2D eigenvalue weighted by Crippen LogP contribution is -2.06. The van der Waals surface area contributed by atoms with Crippen LogP contribution in [0.15, 0.2) is 60.7 Å². The summed E-state index contributed by atoms with van der Waals surface area (Å²) in [6, 6.07) is 19.5. The smallest absolute Gasteiger partial charge is 0.140 e. The summed E-state index contributed by atoms with van der Waals surface area (Å²) in [6.45, 7) is 2.09. The van der Waals surface area contributed by atoms with Crippen LogP contribution in [0.2, 0.25) is 0 Å². The van der Waals surface area contributed by atoms with Gasteiger partial charge in [-0.1, -0.05) is 37.3 Å². The van der Waals surface area contributed by atoms with Gasteiger partial charge in [0.1, 0.15) is 11.9 Å². The Hall–Kier alpha value is -2.75. The van der Waals surface area contributed by atoms with Gasteiger partial charge in [-0.25, -0.2) is 0 Å². The minimum absolute atomic E-state index is 0.0512. The molecule has 0 spiro atoms. The third-order valence-corrected chi connectivity index (χ3v) is 3.52. The Morgan fingerprint density at radius 1 is 1.09 bits per heavy atom. The van der Waals surface area contributed by atoms with Gasteiger partial charge in [-0.3, -0.25) is 5.10 Å². The predicted octanol–water partition coefficient (Wildman–Crippen LogP) is 4.19. The first-order valence-corrected chi connectivity index (χ1v) is 7.39. The zero-order valence-corrected chi connectivity index (χ0v) is 12.5. The molecule has 0 bridgehead atoms. The van der Waals surface area contributed by atoms with Crippen LogP contribution in [0, 0.1) is 0 Å². The van der Waals surface area contributed by atoms with Gasteiger partial charge in [-0.05, 0) is 36.8 Å². The van der Waals surface area contributed by atoms with E-state index < -0.39 is 0 Å². The Labute approximate surface area is 129 Å². The molecule has 0 amide bonds. The van der Waals surface area contributed by atoms with Gasteiger partial charge >= 0.3 is 0 Å². The van der Waals surface area contributed by atoms with Crippen molar-refractivity contribution < 1.29 is 4.74 Å². The van der Waals surface area contributed by atoms with Crippen molar-refractivity contribution in [3.8, 4) is 17.0 Å². The first-order chi connectivity index (χ1) is 10.8.